The van der Waals surface area contributed by atoms with Crippen molar-refractivity contribution in [2.75, 3.05) is 11.9 Å². The van der Waals surface area contributed by atoms with Crippen LogP contribution >= 0.6 is 0 Å². The van der Waals surface area contributed by atoms with Crippen molar-refractivity contribution in [1.82, 2.24) is 25.0 Å². The number of nitrogens with one attached hydrogen (secondary N) is 2. The number of aromatic nitrogens is 3. The quantitative estimate of drug-likeness (QED) is 0.749. The summed E-state index contributed by atoms with van der Waals surface area (Å²) in [7, 11) is 0. The first-order valence-electron chi connectivity index (χ1n) is 9.83. The molecule has 2 N–H and O–H groups in total. The van der Waals surface area contributed by atoms with Crippen LogP contribution in [0.2, 0.25) is 0 Å². The number of urea groups is 1. The highest BCUT2D eigenvalue weighted by atomic mass is 16.2. The lowest BCUT2D eigenvalue weighted by Crippen LogP contribution is -2.54. The van der Waals surface area contributed by atoms with Gasteiger partial charge in [-0.1, -0.05) is 31.9 Å². The number of anilines is 1. The largest absolute Gasteiger partial charge is 0.325 e. The van der Waals surface area contributed by atoms with E-state index >= 15 is 0 Å². The van der Waals surface area contributed by atoms with E-state index in [0.29, 0.717) is 18.7 Å². The predicted octanol–water partition coefficient (Wildman–Crippen LogP) is 1.77. The van der Waals surface area contributed by atoms with Crippen LogP contribution in [0.25, 0.3) is 0 Å². The summed E-state index contributed by atoms with van der Waals surface area (Å²) in [6, 6.07) is 6.83. The van der Waals surface area contributed by atoms with E-state index in [0.717, 1.165) is 29.7 Å². The number of carbonyl (C=O) groups excluding carboxylic acids is 3. The van der Waals surface area contributed by atoms with Crippen molar-refractivity contribution in [1.29, 1.82) is 0 Å². The standard InChI is InChI=1S/C20H24N6O3/c1-14-4-2-3-9-20(14)18(28)26(19(29)24-20)11-17(27)23-16-7-5-15(6-8-16)10-25-13-21-12-22-25/h5-8,12-14H,2-4,9-11H2,1H3,(H,23,27)(H,24,29). The molecule has 1 aliphatic carbocycles. The third kappa shape index (κ3) is 3.72. The predicted molar refractivity (Wildman–Crippen MR) is 105 cm³/mol. The molecule has 2 atom stereocenters. The molecule has 9 nitrogen and oxygen atoms in total. The van der Waals surface area contributed by atoms with Crippen LogP contribution in [0.3, 0.4) is 0 Å². The second kappa shape index (κ2) is 7.65. The van der Waals surface area contributed by atoms with Crippen LogP contribution in [0.4, 0.5) is 10.5 Å². The topological polar surface area (TPSA) is 109 Å². The molecule has 9 heteroatoms. The number of hydrogen-bond donors (Lipinski definition) is 2. The van der Waals surface area contributed by atoms with E-state index in [1.165, 1.54) is 6.33 Å². The Morgan fingerprint density at radius 2 is 2.07 bits per heavy atom. The summed E-state index contributed by atoms with van der Waals surface area (Å²) in [6.07, 6.45) is 6.59. The maximum Gasteiger partial charge on any atom is 0.325 e. The van der Waals surface area contributed by atoms with E-state index in [1.54, 1.807) is 23.1 Å². The third-order valence-corrected chi connectivity index (χ3v) is 5.85. The van der Waals surface area contributed by atoms with Gasteiger partial charge in [-0.3, -0.25) is 14.5 Å². The summed E-state index contributed by atoms with van der Waals surface area (Å²) < 4.78 is 1.70. The van der Waals surface area contributed by atoms with Gasteiger partial charge in [-0.25, -0.2) is 14.5 Å². The zero-order valence-corrected chi connectivity index (χ0v) is 16.3. The lowest BCUT2D eigenvalue weighted by molar-refractivity contribution is -0.136. The Labute approximate surface area is 168 Å². The van der Waals surface area contributed by atoms with Gasteiger partial charge in [0.15, 0.2) is 0 Å². The molecule has 1 aromatic heterocycles. The van der Waals surface area contributed by atoms with Crippen LogP contribution in [0.5, 0.6) is 0 Å². The molecular formula is C20H24N6O3. The SMILES string of the molecule is CC1CCCCC12NC(=O)N(CC(=O)Nc1ccc(Cn3cncn3)cc1)C2=O. The van der Waals surface area contributed by atoms with Crippen molar-refractivity contribution in [2.24, 2.45) is 5.92 Å². The van der Waals surface area contributed by atoms with Gasteiger partial charge in [0.25, 0.3) is 5.91 Å². The van der Waals surface area contributed by atoms with Crippen molar-refractivity contribution in [2.45, 2.75) is 44.7 Å². The lowest BCUT2D eigenvalue weighted by atomic mass is 9.73. The van der Waals surface area contributed by atoms with Gasteiger partial charge >= 0.3 is 6.03 Å². The van der Waals surface area contributed by atoms with Gasteiger partial charge < -0.3 is 10.6 Å². The lowest BCUT2D eigenvalue weighted by Gasteiger charge is -2.36. The third-order valence-electron chi connectivity index (χ3n) is 5.85. The number of imide groups is 1. The Kier molecular flexibility index (Phi) is 5.04. The van der Waals surface area contributed by atoms with Gasteiger partial charge in [-0.15, -0.1) is 0 Å². The number of hydrogen-bond acceptors (Lipinski definition) is 5. The molecule has 0 radical (unpaired) electrons. The molecule has 1 spiro atoms. The first kappa shape index (κ1) is 19.1. The fraction of sp³-hybridized carbons (Fsp3) is 0.450. The molecular weight excluding hydrogens is 372 g/mol. The van der Waals surface area contributed by atoms with E-state index in [1.807, 2.05) is 19.1 Å². The Balaban J connectivity index is 1.37. The fourth-order valence-electron chi connectivity index (χ4n) is 4.18. The molecule has 4 rings (SSSR count). The summed E-state index contributed by atoms with van der Waals surface area (Å²) >= 11 is 0. The molecule has 4 amide bonds. The van der Waals surface area contributed by atoms with Crippen LogP contribution < -0.4 is 10.6 Å². The Bertz CT molecular complexity index is 911. The van der Waals surface area contributed by atoms with Gasteiger partial charge in [-0.2, -0.15) is 5.10 Å². The van der Waals surface area contributed by atoms with E-state index < -0.39 is 17.5 Å². The number of carbonyl (C=O) groups is 3. The van der Waals surface area contributed by atoms with Gasteiger partial charge in [0, 0.05) is 5.69 Å². The first-order valence-corrected chi connectivity index (χ1v) is 9.83. The Morgan fingerprint density at radius 1 is 1.28 bits per heavy atom. The number of benzene rings is 1. The van der Waals surface area contributed by atoms with E-state index in [9.17, 15) is 14.4 Å². The minimum Gasteiger partial charge on any atom is -0.325 e. The molecule has 0 bridgehead atoms. The highest BCUT2D eigenvalue weighted by Gasteiger charge is 2.55. The molecule has 29 heavy (non-hydrogen) atoms. The zero-order valence-electron chi connectivity index (χ0n) is 16.3. The minimum absolute atomic E-state index is 0.0679. The van der Waals surface area contributed by atoms with Crippen LogP contribution in [0.15, 0.2) is 36.9 Å². The van der Waals surface area contributed by atoms with E-state index in [-0.39, 0.29) is 18.4 Å². The number of amides is 4. The number of rotatable bonds is 5. The maximum atomic E-state index is 12.9. The average Bonchev–Trinajstić information content (AvgIpc) is 3.29. The second-order valence-corrected chi connectivity index (χ2v) is 7.78. The van der Waals surface area contributed by atoms with Crippen molar-refractivity contribution in [3.63, 3.8) is 0 Å². The second-order valence-electron chi connectivity index (χ2n) is 7.78. The van der Waals surface area contributed by atoms with Gasteiger partial charge in [0.2, 0.25) is 5.91 Å². The Morgan fingerprint density at radius 3 is 2.76 bits per heavy atom. The smallest absolute Gasteiger partial charge is 0.325 e. The van der Waals surface area contributed by atoms with E-state index in [4.69, 9.17) is 0 Å². The molecule has 2 fully saturated rings. The number of nitrogens with zero attached hydrogens (tertiary/aromatic N) is 4. The molecule has 2 aromatic rings. The van der Waals surface area contributed by atoms with Gasteiger partial charge in [0.05, 0.1) is 6.54 Å². The summed E-state index contributed by atoms with van der Waals surface area (Å²) in [5.74, 6) is -0.621. The zero-order chi connectivity index (χ0) is 20.4. The summed E-state index contributed by atoms with van der Waals surface area (Å²) in [6.45, 7) is 2.28. The molecule has 2 aliphatic rings. The molecule has 1 saturated heterocycles. The normalized spacial score (nSPS) is 24.0. The van der Waals surface area contributed by atoms with Crippen molar-refractivity contribution >= 4 is 23.5 Å². The highest BCUT2D eigenvalue weighted by Crippen LogP contribution is 2.38. The summed E-state index contributed by atoms with van der Waals surface area (Å²) in [4.78, 5) is 42.7. The molecule has 2 heterocycles. The van der Waals surface area contributed by atoms with Crippen LogP contribution in [0.1, 0.15) is 38.2 Å². The van der Waals surface area contributed by atoms with Crippen LogP contribution in [-0.2, 0) is 16.1 Å². The van der Waals surface area contributed by atoms with Gasteiger partial charge in [-0.05, 0) is 36.5 Å². The maximum absolute atomic E-state index is 12.9. The van der Waals surface area contributed by atoms with Crippen molar-refractivity contribution in [3.05, 3.63) is 42.5 Å². The molecule has 1 saturated carbocycles. The fourth-order valence-corrected chi connectivity index (χ4v) is 4.18. The monoisotopic (exact) mass is 396 g/mol. The van der Waals surface area contributed by atoms with Gasteiger partial charge in [0.1, 0.15) is 24.7 Å². The molecule has 152 valence electrons. The molecule has 1 aliphatic heterocycles. The molecule has 2 unspecified atom stereocenters. The minimum atomic E-state index is -0.849. The van der Waals surface area contributed by atoms with E-state index in [2.05, 4.69) is 20.7 Å². The first-order chi connectivity index (χ1) is 14.0. The van der Waals surface area contributed by atoms with Crippen molar-refractivity contribution < 1.29 is 14.4 Å². The van der Waals surface area contributed by atoms with Crippen LogP contribution in [0, 0.1) is 5.92 Å². The summed E-state index contributed by atoms with van der Waals surface area (Å²) in [5.41, 5.74) is 0.763. The average molecular weight is 396 g/mol. The van der Waals surface area contributed by atoms with Crippen molar-refractivity contribution in [3.8, 4) is 0 Å². The summed E-state index contributed by atoms with van der Waals surface area (Å²) in [5, 5.41) is 9.67. The highest BCUT2D eigenvalue weighted by molar-refractivity contribution is 6.10. The van der Waals surface area contributed by atoms with Crippen LogP contribution in [-0.4, -0.2) is 49.6 Å². The Hall–Kier alpha value is -3.23. The molecule has 1 aromatic carbocycles.